The van der Waals surface area contributed by atoms with Gasteiger partial charge in [-0.05, 0) is 131 Å². The first kappa shape index (κ1) is 47.7. The molecule has 280 valence electrons. The van der Waals surface area contributed by atoms with Crippen LogP contribution < -0.4 is 15.1 Å². The van der Waals surface area contributed by atoms with Crippen LogP contribution in [-0.4, -0.2) is 47.5 Å². The van der Waals surface area contributed by atoms with Gasteiger partial charge in [0.1, 0.15) is 0 Å². The Morgan fingerprint density at radius 2 is 1.00 bits per heavy atom. The van der Waals surface area contributed by atoms with E-state index in [0.717, 1.165) is 46.0 Å². The summed E-state index contributed by atoms with van der Waals surface area (Å²) in [5.74, 6) is 0.261. The van der Waals surface area contributed by atoms with Crippen LogP contribution in [-0.2, 0) is 39.3 Å². The molecule has 3 aromatic carbocycles. The molecule has 3 aliphatic rings. The number of carbonyl (C=O) groups is 2. The van der Waals surface area contributed by atoms with Gasteiger partial charge in [0, 0.05) is 62.5 Å². The molecular formula is C37H54Br3N3O6S. The standard InChI is InChI=1S/2C12H14BrNO.C10H12BrN.3CH4.H2O4S/c2*1-8-3-4-10-7-11(13)5-6-12(10)14(8)9(2)15;1-7-2-3-8-6-9(11)4-5-10(8)12-7;;;;1-5(2,3)4/h2*5-8H,3-4H2,1-2H3;4-7,12H,2-3H2,1H3;3*1H4;(H2,1,2,3,4)/t2*8-;7-;;;;/m000..../s1. The highest BCUT2D eigenvalue weighted by molar-refractivity contribution is 9.11. The van der Waals surface area contributed by atoms with E-state index in [0.29, 0.717) is 18.1 Å². The third-order valence-electron chi connectivity index (χ3n) is 8.14. The minimum atomic E-state index is -4.67. The van der Waals surface area contributed by atoms with Gasteiger partial charge in [-0.2, -0.15) is 8.42 Å². The summed E-state index contributed by atoms with van der Waals surface area (Å²) in [4.78, 5) is 26.9. The Balaban J connectivity index is 0.000000659. The molecule has 6 rings (SSSR count). The average Bonchev–Trinajstić information content (AvgIpc) is 2.97. The zero-order valence-corrected chi connectivity index (χ0v) is 32.7. The highest BCUT2D eigenvalue weighted by Gasteiger charge is 2.27. The van der Waals surface area contributed by atoms with Crippen LogP contribution in [0.1, 0.15) is 92.9 Å². The van der Waals surface area contributed by atoms with Crippen LogP contribution in [0.25, 0.3) is 0 Å². The van der Waals surface area contributed by atoms with E-state index in [1.807, 2.05) is 34.1 Å². The van der Waals surface area contributed by atoms with Crippen LogP contribution in [0.15, 0.2) is 68.0 Å². The maximum atomic E-state index is 11.6. The molecule has 0 fully saturated rings. The first-order valence-corrected chi connectivity index (χ1v) is 19.1. The van der Waals surface area contributed by atoms with Crippen LogP contribution in [0.4, 0.5) is 17.1 Å². The fourth-order valence-electron chi connectivity index (χ4n) is 6.02. The van der Waals surface area contributed by atoms with E-state index < -0.39 is 10.4 Å². The van der Waals surface area contributed by atoms with Crippen molar-refractivity contribution in [1.29, 1.82) is 0 Å². The van der Waals surface area contributed by atoms with Gasteiger partial charge in [-0.15, -0.1) is 0 Å². The summed E-state index contributed by atoms with van der Waals surface area (Å²) in [5.41, 5.74) is 7.41. The molecule has 2 amide bonds. The molecule has 0 saturated carbocycles. The predicted molar refractivity (Wildman–Crippen MR) is 220 cm³/mol. The highest BCUT2D eigenvalue weighted by atomic mass is 79.9. The Hall–Kier alpha value is -2.29. The fraction of sp³-hybridized carbons (Fsp3) is 0.459. The Labute approximate surface area is 325 Å². The van der Waals surface area contributed by atoms with Gasteiger partial charge in [-0.1, -0.05) is 70.1 Å². The molecule has 3 heterocycles. The van der Waals surface area contributed by atoms with Crippen LogP contribution in [0.5, 0.6) is 0 Å². The number of anilines is 3. The van der Waals surface area contributed by atoms with Gasteiger partial charge in [0.2, 0.25) is 11.8 Å². The lowest BCUT2D eigenvalue weighted by Gasteiger charge is -2.34. The molecule has 3 N–H and O–H groups in total. The second-order valence-corrected chi connectivity index (χ2v) is 15.6. The zero-order chi connectivity index (χ0) is 35.1. The fourth-order valence-corrected chi connectivity index (χ4v) is 7.25. The van der Waals surface area contributed by atoms with Crippen LogP contribution in [0, 0.1) is 0 Å². The van der Waals surface area contributed by atoms with E-state index in [1.54, 1.807) is 13.8 Å². The van der Waals surface area contributed by atoms with Crippen molar-refractivity contribution in [3.05, 3.63) is 84.7 Å². The molecule has 0 saturated heterocycles. The number of nitrogens with zero attached hydrogens (tertiary/aromatic N) is 2. The van der Waals surface area contributed by atoms with Crippen LogP contribution >= 0.6 is 47.8 Å². The molecular weight excluding hydrogens is 854 g/mol. The first-order chi connectivity index (χ1) is 21.9. The monoisotopic (exact) mass is 905 g/mol. The van der Waals surface area contributed by atoms with Crippen LogP contribution in [0.3, 0.4) is 0 Å². The number of carbonyl (C=O) groups excluding carboxylic acids is 2. The number of benzene rings is 3. The van der Waals surface area contributed by atoms with E-state index >= 15 is 0 Å². The maximum Gasteiger partial charge on any atom is 0.394 e. The van der Waals surface area contributed by atoms with E-state index in [2.05, 4.69) is 104 Å². The molecule has 3 atom stereocenters. The first-order valence-electron chi connectivity index (χ1n) is 15.4. The normalized spacial score (nSPS) is 18.2. The third-order valence-corrected chi connectivity index (χ3v) is 9.62. The lowest BCUT2D eigenvalue weighted by molar-refractivity contribution is -0.117. The van der Waals surface area contributed by atoms with Crippen LogP contribution in [0.2, 0.25) is 0 Å². The second kappa shape index (κ2) is 21.3. The smallest absolute Gasteiger partial charge is 0.382 e. The van der Waals surface area contributed by atoms with Gasteiger partial charge in [-0.3, -0.25) is 18.7 Å². The van der Waals surface area contributed by atoms with Crippen molar-refractivity contribution in [2.24, 2.45) is 0 Å². The largest absolute Gasteiger partial charge is 0.394 e. The van der Waals surface area contributed by atoms with E-state index in [1.165, 1.54) is 39.7 Å². The molecule has 0 spiro atoms. The van der Waals surface area contributed by atoms with Crippen molar-refractivity contribution in [2.45, 2.75) is 114 Å². The quantitative estimate of drug-likeness (QED) is 0.192. The highest BCUT2D eigenvalue weighted by Crippen LogP contribution is 2.34. The number of hydrogen-bond acceptors (Lipinski definition) is 5. The van der Waals surface area contributed by atoms with E-state index in [-0.39, 0.29) is 34.1 Å². The molecule has 3 aromatic rings. The van der Waals surface area contributed by atoms with Gasteiger partial charge < -0.3 is 15.1 Å². The number of amides is 2. The Morgan fingerprint density at radius 1 is 0.660 bits per heavy atom. The summed E-state index contributed by atoms with van der Waals surface area (Å²) in [7, 11) is -4.67. The molecule has 0 aromatic heterocycles. The van der Waals surface area contributed by atoms with Crippen molar-refractivity contribution in [1.82, 2.24) is 0 Å². The number of rotatable bonds is 0. The van der Waals surface area contributed by atoms with Crippen molar-refractivity contribution in [3.63, 3.8) is 0 Å². The van der Waals surface area contributed by atoms with Gasteiger partial charge in [0.25, 0.3) is 0 Å². The lowest BCUT2D eigenvalue weighted by Crippen LogP contribution is -2.40. The minimum absolute atomic E-state index is 0. The van der Waals surface area contributed by atoms with Crippen molar-refractivity contribution < 1.29 is 27.1 Å². The summed E-state index contributed by atoms with van der Waals surface area (Å²) in [6.07, 6.45) is 6.64. The minimum Gasteiger partial charge on any atom is -0.382 e. The Kier molecular flexibility index (Phi) is 20.3. The molecule has 0 bridgehead atoms. The van der Waals surface area contributed by atoms with Crippen molar-refractivity contribution >= 4 is 87.1 Å². The number of fused-ring (bicyclic) bond motifs is 3. The molecule has 50 heavy (non-hydrogen) atoms. The summed E-state index contributed by atoms with van der Waals surface area (Å²) in [6.45, 7) is 9.70. The molecule has 3 aliphatic heterocycles. The topological polar surface area (TPSA) is 127 Å². The average molecular weight is 909 g/mol. The summed E-state index contributed by atoms with van der Waals surface area (Å²) < 4.78 is 34.9. The molecule has 0 aliphatic carbocycles. The zero-order valence-electron chi connectivity index (χ0n) is 27.1. The molecule has 9 nitrogen and oxygen atoms in total. The Bertz CT molecular complexity index is 1600. The SMILES string of the molecule is C.C.C.CC(=O)N1c2ccc(Br)cc2CC[C@@H]1C.CC(=O)N1c2ccc(Br)cc2CC[C@@H]1C.C[C@H]1CCc2cc(Br)ccc2N1.O=S(=O)(O)O. The number of nitrogens with one attached hydrogen (secondary N) is 1. The van der Waals surface area contributed by atoms with Gasteiger partial charge in [0.05, 0.1) is 0 Å². The van der Waals surface area contributed by atoms with Gasteiger partial charge in [-0.25, -0.2) is 0 Å². The number of hydrogen-bond donors (Lipinski definition) is 3. The molecule has 13 heteroatoms. The summed E-state index contributed by atoms with van der Waals surface area (Å²) in [6, 6.07) is 19.9. The van der Waals surface area contributed by atoms with E-state index in [9.17, 15) is 9.59 Å². The van der Waals surface area contributed by atoms with E-state index in [4.69, 9.17) is 17.5 Å². The lowest BCUT2D eigenvalue weighted by atomic mass is 9.97. The van der Waals surface area contributed by atoms with Gasteiger partial charge >= 0.3 is 10.4 Å². The van der Waals surface area contributed by atoms with Crippen molar-refractivity contribution in [2.75, 3.05) is 15.1 Å². The Morgan fingerprint density at radius 3 is 1.38 bits per heavy atom. The van der Waals surface area contributed by atoms with Gasteiger partial charge in [0.15, 0.2) is 0 Å². The second-order valence-electron chi connectivity index (χ2n) is 11.9. The predicted octanol–water partition coefficient (Wildman–Crippen LogP) is 10.7. The summed E-state index contributed by atoms with van der Waals surface area (Å²) >= 11 is 10.4. The number of aryl methyl sites for hydroxylation is 3. The van der Waals surface area contributed by atoms with Crippen molar-refractivity contribution in [3.8, 4) is 0 Å². The number of halogens is 3. The third kappa shape index (κ3) is 14.4. The molecule has 0 unspecified atom stereocenters. The molecule has 0 radical (unpaired) electrons. The summed E-state index contributed by atoms with van der Waals surface area (Å²) in [5, 5.41) is 3.47. The maximum absolute atomic E-state index is 11.6.